The molecule has 0 saturated carbocycles. The molecule has 18 heavy (non-hydrogen) atoms. The van der Waals surface area contributed by atoms with Crippen molar-refractivity contribution in [2.45, 2.75) is 13.8 Å². The number of rotatable bonds is 2. The molecule has 0 aliphatic rings. The maximum Gasteiger partial charge on any atom is 0.308 e. The number of aromatic hydroxyl groups is 1. The van der Waals surface area contributed by atoms with E-state index in [1.54, 1.807) is 19.1 Å². The summed E-state index contributed by atoms with van der Waals surface area (Å²) in [6, 6.07) is 12.7. The second kappa shape index (κ2) is 4.92. The highest BCUT2D eigenvalue weighted by molar-refractivity contribution is 5.75. The Balaban J connectivity index is 2.51. The third-order valence-corrected chi connectivity index (χ3v) is 2.63. The highest BCUT2D eigenvalue weighted by atomic mass is 16.5. The summed E-state index contributed by atoms with van der Waals surface area (Å²) in [7, 11) is 0. The number of hydrogen-bond donors (Lipinski definition) is 1. The normalized spacial score (nSPS) is 10.1. The van der Waals surface area contributed by atoms with Crippen LogP contribution >= 0.6 is 0 Å². The van der Waals surface area contributed by atoms with Crippen molar-refractivity contribution in [2.75, 3.05) is 0 Å². The van der Waals surface area contributed by atoms with Crippen molar-refractivity contribution in [1.29, 1.82) is 0 Å². The molecule has 0 fully saturated rings. The van der Waals surface area contributed by atoms with Crippen molar-refractivity contribution in [3.8, 4) is 22.6 Å². The number of phenolic OH excluding ortho intramolecular Hbond substituents is 1. The van der Waals surface area contributed by atoms with E-state index >= 15 is 0 Å². The van der Waals surface area contributed by atoms with Crippen molar-refractivity contribution >= 4 is 5.97 Å². The Morgan fingerprint density at radius 2 is 1.83 bits per heavy atom. The lowest BCUT2D eigenvalue weighted by Gasteiger charge is -2.10. The van der Waals surface area contributed by atoms with Crippen LogP contribution in [0.15, 0.2) is 42.5 Å². The zero-order valence-electron chi connectivity index (χ0n) is 10.3. The molecule has 3 heteroatoms. The van der Waals surface area contributed by atoms with Crippen molar-refractivity contribution in [3.63, 3.8) is 0 Å². The van der Waals surface area contributed by atoms with E-state index in [4.69, 9.17) is 4.74 Å². The maximum atomic E-state index is 11.0. The Bertz CT molecular complexity index is 574. The summed E-state index contributed by atoms with van der Waals surface area (Å²) in [6.45, 7) is 3.14. The zero-order chi connectivity index (χ0) is 13.1. The lowest BCUT2D eigenvalue weighted by molar-refractivity contribution is -0.131. The van der Waals surface area contributed by atoms with Gasteiger partial charge >= 0.3 is 5.97 Å². The first kappa shape index (κ1) is 12.2. The molecule has 1 N–H and O–H groups in total. The lowest BCUT2D eigenvalue weighted by atomic mass is 10.0. The maximum absolute atomic E-state index is 11.0. The van der Waals surface area contributed by atoms with Crippen LogP contribution in [-0.2, 0) is 4.79 Å². The molecule has 2 aromatic carbocycles. The molecule has 0 bridgehead atoms. The molecule has 0 unspecified atom stereocenters. The smallest absolute Gasteiger partial charge is 0.308 e. The molecule has 0 radical (unpaired) electrons. The van der Waals surface area contributed by atoms with Crippen LogP contribution in [0.4, 0.5) is 0 Å². The van der Waals surface area contributed by atoms with E-state index in [0.717, 1.165) is 11.1 Å². The predicted octanol–water partition coefficient (Wildman–Crippen LogP) is 3.29. The summed E-state index contributed by atoms with van der Waals surface area (Å²) < 4.78 is 5.11. The third kappa shape index (κ3) is 2.51. The molecule has 0 aliphatic heterocycles. The summed E-state index contributed by atoms with van der Waals surface area (Å²) in [5, 5.41) is 9.96. The van der Waals surface area contributed by atoms with E-state index in [1.165, 1.54) is 6.92 Å². The fraction of sp³-hybridized carbons (Fsp3) is 0.133. The van der Waals surface area contributed by atoms with Crippen LogP contribution in [0.1, 0.15) is 12.5 Å². The Morgan fingerprint density at radius 3 is 2.44 bits per heavy atom. The largest absolute Gasteiger partial charge is 0.507 e. The number of ether oxygens (including phenoxy) is 1. The minimum absolute atomic E-state index is 0.176. The van der Waals surface area contributed by atoms with Gasteiger partial charge in [0.25, 0.3) is 0 Å². The Hall–Kier alpha value is -2.29. The van der Waals surface area contributed by atoms with Crippen molar-refractivity contribution in [2.24, 2.45) is 0 Å². The standard InChI is InChI=1S/C15H14O3/c1-10-8-14(17)13(9-15(10)18-11(2)16)12-6-4-3-5-7-12/h3-9,17H,1-2H3. The van der Waals surface area contributed by atoms with E-state index in [1.807, 2.05) is 30.3 Å². The number of aryl methyl sites for hydroxylation is 1. The highest BCUT2D eigenvalue weighted by Crippen LogP contribution is 2.35. The SMILES string of the molecule is CC(=O)Oc1cc(-c2ccccc2)c(O)cc1C. The van der Waals surface area contributed by atoms with Gasteiger partial charge in [0.15, 0.2) is 0 Å². The van der Waals surface area contributed by atoms with Gasteiger partial charge in [0.05, 0.1) is 0 Å². The fourth-order valence-corrected chi connectivity index (χ4v) is 1.79. The van der Waals surface area contributed by atoms with Crippen LogP contribution in [-0.4, -0.2) is 11.1 Å². The van der Waals surface area contributed by atoms with Crippen molar-refractivity contribution in [1.82, 2.24) is 0 Å². The summed E-state index contributed by atoms with van der Waals surface area (Å²) in [5.41, 5.74) is 2.25. The van der Waals surface area contributed by atoms with Crippen LogP contribution in [0.3, 0.4) is 0 Å². The molecular weight excluding hydrogens is 228 g/mol. The first-order valence-corrected chi connectivity index (χ1v) is 5.65. The average molecular weight is 242 g/mol. The van der Waals surface area contributed by atoms with E-state index in [0.29, 0.717) is 11.3 Å². The van der Waals surface area contributed by atoms with Crippen LogP contribution in [0, 0.1) is 6.92 Å². The molecule has 0 saturated heterocycles. The highest BCUT2D eigenvalue weighted by Gasteiger charge is 2.10. The topological polar surface area (TPSA) is 46.5 Å². The van der Waals surface area contributed by atoms with Crippen LogP contribution in [0.2, 0.25) is 0 Å². The van der Waals surface area contributed by atoms with E-state index in [9.17, 15) is 9.90 Å². The summed E-state index contributed by atoms with van der Waals surface area (Å²) in [6.07, 6.45) is 0. The molecule has 2 rings (SSSR count). The van der Waals surface area contributed by atoms with Crippen LogP contribution in [0.25, 0.3) is 11.1 Å². The third-order valence-electron chi connectivity index (χ3n) is 2.63. The summed E-state index contributed by atoms with van der Waals surface area (Å²) in [4.78, 5) is 11.0. The van der Waals surface area contributed by atoms with Gasteiger partial charge in [-0.2, -0.15) is 0 Å². The van der Waals surface area contributed by atoms with Gasteiger partial charge in [-0.15, -0.1) is 0 Å². The quantitative estimate of drug-likeness (QED) is 0.649. The Labute approximate surface area is 106 Å². The molecule has 0 spiro atoms. The molecule has 0 atom stereocenters. The van der Waals surface area contributed by atoms with Crippen molar-refractivity contribution in [3.05, 3.63) is 48.0 Å². The van der Waals surface area contributed by atoms with E-state index < -0.39 is 0 Å². The van der Waals surface area contributed by atoms with Gasteiger partial charge in [-0.25, -0.2) is 0 Å². The number of hydrogen-bond acceptors (Lipinski definition) is 3. The van der Waals surface area contributed by atoms with Gasteiger partial charge < -0.3 is 9.84 Å². The molecular formula is C15H14O3. The van der Waals surface area contributed by atoms with E-state index in [2.05, 4.69) is 0 Å². The zero-order valence-corrected chi connectivity index (χ0v) is 10.3. The summed E-state index contributed by atoms with van der Waals surface area (Å²) in [5.74, 6) is 0.275. The summed E-state index contributed by atoms with van der Waals surface area (Å²) >= 11 is 0. The average Bonchev–Trinajstić information content (AvgIpc) is 2.33. The molecule has 92 valence electrons. The minimum Gasteiger partial charge on any atom is -0.507 e. The van der Waals surface area contributed by atoms with Crippen molar-refractivity contribution < 1.29 is 14.6 Å². The number of benzene rings is 2. The molecule has 0 aliphatic carbocycles. The number of esters is 1. The second-order valence-corrected chi connectivity index (χ2v) is 4.09. The molecule has 0 heterocycles. The van der Waals surface area contributed by atoms with Gasteiger partial charge in [-0.1, -0.05) is 30.3 Å². The molecule has 2 aromatic rings. The number of carbonyl (C=O) groups excluding carboxylic acids is 1. The Morgan fingerprint density at radius 1 is 1.17 bits per heavy atom. The van der Waals surface area contributed by atoms with Gasteiger partial charge in [-0.3, -0.25) is 4.79 Å². The monoisotopic (exact) mass is 242 g/mol. The number of phenols is 1. The molecule has 0 amide bonds. The van der Waals surface area contributed by atoms with Gasteiger partial charge in [0.1, 0.15) is 11.5 Å². The van der Waals surface area contributed by atoms with Crippen LogP contribution in [0.5, 0.6) is 11.5 Å². The van der Waals surface area contributed by atoms with Gasteiger partial charge in [-0.05, 0) is 30.2 Å². The van der Waals surface area contributed by atoms with E-state index in [-0.39, 0.29) is 11.7 Å². The second-order valence-electron chi connectivity index (χ2n) is 4.09. The first-order chi connectivity index (χ1) is 8.58. The Kier molecular flexibility index (Phi) is 3.33. The van der Waals surface area contributed by atoms with Gasteiger partial charge in [0, 0.05) is 12.5 Å². The first-order valence-electron chi connectivity index (χ1n) is 5.65. The minimum atomic E-state index is -0.372. The molecule has 3 nitrogen and oxygen atoms in total. The van der Waals surface area contributed by atoms with Crippen LogP contribution < -0.4 is 4.74 Å². The van der Waals surface area contributed by atoms with Gasteiger partial charge in [0.2, 0.25) is 0 Å². The number of carbonyl (C=O) groups is 1. The predicted molar refractivity (Wildman–Crippen MR) is 69.6 cm³/mol. The fourth-order valence-electron chi connectivity index (χ4n) is 1.79. The lowest BCUT2D eigenvalue weighted by Crippen LogP contribution is -2.03. The molecule has 0 aromatic heterocycles.